The van der Waals surface area contributed by atoms with Gasteiger partial charge in [0.15, 0.2) is 0 Å². The molecule has 0 saturated carbocycles. The third-order valence-corrected chi connectivity index (χ3v) is 3.13. The van der Waals surface area contributed by atoms with Crippen molar-refractivity contribution in [2.24, 2.45) is 0 Å². The van der Waals surface area contributed by atoms with Crippen LogP contribution in [0.4, 0.5) is 0 Å². The van der Waals surface area contributed by atoms with Crippen LogP contribution in [-0.2, 0) is 14.9 Å². The van der Waals surface area contributed by atoms with E-state index in [0.717, 1.165) is 5.56 Å². The van der Waals surface area contributed by atoms with E-state index in [1.165, 1.54) is 6.08 Å². The van der Waals surface area contributed by atoms with Gasteiger partial charge in [0.05, 0.1) is 18.7 Å². The minimum absolute atomic E-state index is 0.315. The van der Waals surface area contributed by atoms with Crippen molar-refractivity contribution < 1.29 is 14.3 Å². The Bertz CT molecular complexity index is 478. The molecule has 0 amide bonds. The van der Waals surface area contributed by atoms with Crippen LogP contribution in [0.15, 0.2) is 30.4 Å². The molecule has 1 rings (SSSR count). The first-order valence-electron chi connectivity index (χ1n) is 6.10. The molecule has 3 nitrogen and oxygen atoms in total. The van der Waals surface area contributed by atoms with Crippen LogP contribution in [0.25, 0.3) is 0 Å². The molecule has 0 aliphatic heterocycles. The Morgan fingerprint density at radius 2 is 2.11 bits per heavy atom. The Labute approximate surface area is 119 Å². The third kappa shape index (κ3) is 4.28. The lowest BCUT2D eigenvalue weighted by Crippen LogP contribution is -2.14. The molecule has 0 aliphatic rings. The summed E-state index contributed by atoms with van der Waals surface area (Å²) >= 11 is 6.00. The molecule has 0 N–H and O–H groups in total. The maximum atomic E-state index is 11.3. The van der Waals surface area contributed by atoms with Gasteiger partial charge in [0.2, 0.25) is 0 Å². The van der Waals surface area contributed by atoms with Crippen LogP contribution in [0.1, 0.15) is 26.3 Å². The van der Waals surface area contributed by atoms with Crippen LogP contribution in [0.3, 0.4) is 0 Å². The van der Waals surface area contributed by atoms with E-state index in [-0.39, 0.29) is 11.4 Å². The van der Waals surface area contributed by atoms with E-state index in [2.05, 4.69) is 0 Å². The van der Waals surface area contributed by atoms with Gasteiger partial charge >= 0.3 is 5.97 Å². The fraction of sp³-hybridized carbons (Fsp3) is 0.400. The quantitative estimate of drug-likeness (QED) is 0.609. The fourth-order valence-corrected chi connectivity index (χ4v) is 1.82. The smallest absolute Gasteiger partial charge is 0.330 e. The second-order valence-electron chi connectivity index (χ2n) is 4.66. The number of esters is 1. The zero-order chi connectivity index (χ0) is 14.5. The van der Waals surface area contributed by atoms with Crippen LogP contribution in [0.5, 0.6) is 5.75 Å². The molecule has 0 saturated heterocycles. The maximum absolute atomic E-state index is 11.3. The van der Waals surface area contributed by atoms with E-state index in [0.29, 0.717) is 17.4 Å². The second kappa shape index (κ2) is 6.62. The zero-order valence-corrected chi connectivity index (χ0v) is 12.5. The van der Waals surface area contributed by atoms with E-state index in [9.17, 15) is 4.79 Å². The van der Waals surface area contributed by atoms with Gasteiger partial charge in [0.1, 0.15) is 5.75 Å². The Kier molecular flexibility index (Phi) is 5.43. The number of benzene rings is 1. The molecule has 0 heterocycles. The summed E-state index contributed by atoms with van der Waals surface area (Å²) in [5.74, 6) is 0.285. The minimum atomic E-state index is -0.337. The molecule has 0 aromatic heterocycles. The summed E-state index contributed by atoms with van der Waals surface area (Å²) in [6, 6.07) is 5.58. The molecule has 0 aliphatic carbocycles. The third-order valence-electron chi connectivity index (χ3n) is 2.82. The van der Waals surface area contributed by atoms with E-state index in [1.807, 2.05) is 32.1 Å². The fourth-order valence-electron chi connectivity index (χ4n) is 1.62. The van der Waals surface area contributed by atoms with E-state index in [4.69, 9.17) is 21.1 Å². The molecule has 0 fully saturated rings. The van der Waals surface area contributed by atoms with Crippen LogP contribution in [0.2, 0.25) is 5.02 Å². The predicted octanol–water partition coefficient (Wildman–Crippen LogP) is 3.75. The van der Waals surface area contributed by atoms with E-state index in [1.54, 1.807) is 20.1 Å². The average Bonchev–Trinajstić information content (AvgIpc) is 2.37. The number of allylic oxidation sites excluding steroid dienone is 1. The highest BCUT2D eigenvalue weighted by atomic mass is 35.5. The van der Waals surface area contributed by atoms with Crippen molar-refractivity contribution in [1.29, 1.82) is 0 Å². The lowest BCUT2D eigenvalue weighted by atomic mass is 9.84. The molecule has 1 aromatic rings. The number of ether oxygens (including phenoxy) is 2. The average molecular weight is 283 g/mol. The van der Waals surface area contributed by atoms with Gasteiger partial charge < -0.3 is 9.47 Å². The summed E-state index contributed by atoms with van der Waals surface area (Å²) in [6.45, 7) is 6.16. The first-order chi connectivity index (χ1) is 8.90. The van der Waals surface area contributed by atoms with Crippen molar-refractivity contribution in [3.63, 3.8) is 0 Å². The Hall–Kier alpha value is -1.48. The molecular weight excluding hydrogens is 264 g/mol. The summed E-state index contributed by atoms with van der Waals surface area (Å²) in [5.41, 5.74) is 0.694. The number of hydrogen-bond acceptors (Lipinski definition) is 3. The van der Waals surface area contributed by atoms with Gasteiger partial charge in [-0.15, -0.1) is 0 Å². The molecule has 19 heavy (non-hydrogen) atoms. The Morgan fingerprint density at radius 3 is 2.68 bits per heavy atom. The number of rotatable bonds is 5. The van der Waals surface area contributed by atoms with Crippen molar-refractivity contribution in [1.82, 2.24) is 0 Å². The second-order valence-corrected chi connectivity index (χ2v) is 5.06. The minimum Gasteiger partial charge on any atom is -0.495 e. The van der Waals surface area contributed by atoms with Gasteiger partial charge in [-0.2, -0.15) is 0 Å². The normalized spacial score (nSPS) is 11.6. The first-order valence-corrected chi connectivity index (χ1v) is 6.48. The van der Waals surface area contributed by atoms with Gasteiger partial charge in [-0.25, -0.2) is 4.79 Å². The van der Waals surface area contributed by atoms with Gasteiger partial charge in [-0.1, -0.05) is 37.6 Å². The Balaban J connectivity index is 2.96. The van der Waals surface area contributed by atoms with Crippen LogP contribution in [0, 0.1) is 0 Å². The summed E-state index contributed by atoms with van der Waals surface area (Å²) in [4.78, 5) is 11.3. The molecule has 0 atom stereocenters. The van der Waals surface area contributed by atoms with Crippen molar-refractivity contribution in [3.05, 3.63) is 40.9 Å². The van der Waals surface area contributed by atoms with Gasteiger partial charge in [-0.05, 0) is 24.6 Å². The number of methoxy groups -OCH3 is 1. The number of halogens is 1. The topological polar surface area (TPSA) is 35.5 Å². The van der Waals surface area contributed by atoms with E-state index < -0.39 is 0 Å². The molecule has 0 bridgehead atoms. The number of carbonyl (C=O) groups is 1. The standard InChI is InChI=1S/C15H19ClO3/c1-5-19-14(17)8-9-15(2,3)11-6-7-12(16)13(10-11)18-4/h6-10H,5H2,1-4H3/b9-8+. The highest BCUT2D eigenvalue weighted by molar-refractivity contribution is 6.32. The van der Waals surface area contributed by atoms with Crippen molar-refractivity contribution in [2.75, 3.05) is 13.7 Å². The molecule has 104 valence electrons. The summed E-state index contributed by atoms with van der Waals surface area (Å²) in [5, 5.41) is 0.566. The molecule has 0 radical (unpaired) electrons. The number of hydrogen-bond donors (Lipinski definition) is 0. The van der Waals surface area contributed by atoms with Crippen molar-refractivity contribution in [3.8, 4) is 5.75 Å². The molecule has 0 spiro atoms. The predicted molar refractivity (Wildman–Crippen MR) is 76.8 cm³/mol. The van der Waals surface area contributed by atoms with Crippen LogP contribution in [-0.4, -0.2) is 19.7 Å². The molecular formula is C15H19ClO3. The largest absolute Gasteiger partial charge is 0.495 e. The maximum Gasteiger partial charge on any atom is 0.330 e. The number of carbonyl (C=O) groups excluding carboxylic acids is 1. The zero-order valence-electron chi connectivity index (χ0n) is 11.7. The Morgan fingerprint density at radius 1 is 1.42 bits per heavy atom. The highest BCUT2D eigenvalue weighted by Crippen LogP contribution is 2.32. The molecule has 1 aromatic carbocycles. The highest BCUT2D eigenvalue weighted by Gasteiger charge is 2.19. The van der Waals surface area contributed by atoms with Crippen molar-refractivity contribution in [2.45, 2.75) is 26.2 Å². The van der Waals surface area contributed by atoms with Gasteiger partial charge in [0.25, 0.3) is 0 Å². The first kappa shape index (κ1) is 15.6. The lowest BCUT2D eigenvalue weighted by Gasteiger charge is -2.21. The summed E-state index contributed by atoms with van der Waals surface area (Å²) in [7, 11) is 1.58. The van der Waals surface area contributed by atoms with E-state index >= 15 is 0 Å². The molecule has 4 heteroatoms. The van der Waals surface area contributed by atoms with Gasteiger partial charge in [0, 0.05) is 11.5 Å². The monoisotopic (exact) mass is 282 g/mol. The summed E-state index contributed by atoms with van der Waals surface area (Å²) in [6.07, 6.45) is 3.26. The molecule has 0 unspecified atom stereocenters. The van der Waals surface area contributed by atoms with Crippen LogP contribution < -0.4 is 4.74 Å². The SMILES string of the molecule is CCOC(=O)/C=C/C(C)(C)c1ccc(Cl)c(OC)c1. The van der Waals surface area contributed by atoms with Crippen LogP contribution >= 0.6 is 11.6 Å². The van der Waals surface area contributed by atoms with Gasteiger partial charge in [-0.3, -0.25) is 0 Å². The van der Waals surface area contributed by atoms with Crippen molar-refractivity contribution >= 4 is 17.6 Å². The lowest BCUT2D eigenvalue weighted by molar-refractivity contribution is -0.137. The summed E-state index contributed by atoms with van der Waals surface area (Å²) < 4.78 is 10.1.